The summed E-state index contributed by atoms with van der Waals surface area (Å²) in [5.74, 6) is -0.586. The Morgan fingerprint density at radius 3 is 2.87 bits per heavy atom. The van der Waals surface area contributed by atoms with E-state index in [9.17, 15) is 9.59 Å². The van der Waals surface area contributed by atoms with Crippen LogP contribution >= 0.6 is 11.3 Å². The van der Waals surface area contributed by atoms with Crippen LogP contribution in [0.1, 0.15) is 18.9 Å². The van der Waals surface area contributed by atoms with Gasteiger partial charge in [0.15, 0.2) is 4.80 Å². The number of benzene rings is 1. The predicted molar refractivity (Wildman–Crippen MR) is 90.1 cm³/mol. The molecule has 3 rings (SSSR count). The van der Waals surface area contributed by atoms with Gasteiger partial charge in [0.05, 0.1) is 5.92 Å². The molecule has 5 nitrogen and oxygen atoms in total. The average molecular weight is 329 g/mol. The lowest BCUT2D eigenvalue weighted by Gasteiger charge is -2.19. The van der Waals surface area contributed by atoms with E-state index in [0.29, 0.717) is 11.3 Å². The van der Waals surface area contributed by atoms with Crippen molar-refractivity contribution in [3.05, 3.63) is 46.2 Å². The Kier molecular flexibility index (Phi) is 4.43. The first-order valence-electron chi connectivity index (χ1n) is 7.67. The molecule has 0 unspecified atom stereocenters. The highest BCUT2D eigenvalue weighted by Crippen LogP contribution is 2.28. The largest absolute Gasteiger partial charge is 0.327 e. The SMILES string of the molecule is CCc1ccccc1N1C[C@@H](C(=O)N=c2sccn2C)CC1=O. The van der Waals surface area contributed by atoms with Gasteiger partial charge in [0.1, 0.15) is 0 Å². The summed E-state index contributed by atoms with van der Waals surface area (Å²) in [6, 6.07) is 7.86. The molecule has 0 radical (unpaired) electrons. The van der Waals surface area contributed by atoms with Crippen molar-refractivity contribution in [2.45, 2.75) is 19.8 Å². The van der Waals surface area contributed by atoms with E-state index in [1.807, 2.05) is 47.5 Å². The summed E-state index contributed by atoms with van der Waals surface area (Å²) >= 11 is 1.42. The fourth-order valence-corrected chi connectivity index (χ4v) is 3.53. The highest BCUT2D eigenvalue weighted by Gasteiger charge is 2.35. The lowest BCUT2D eigenvalue weighted by Crippen LogP contribution is -2.27. The van der Waals surface area contributed by atoms with Crippen molar-refractivity contribution < 1.29 is 9.59 Å². The Bertz CT molecular complexity index is 806. The molecule has 2 aromatic rings. The van der Waals surface area contributed by atoms with Gasteiger partial charge in [-0.05, 0) is 18.1 Å². The van der Waals surface area contributed by atoms with Gasteiger partial charge < -0.3 is 9.47 Å². The van der Waals surface area contributed by atoms with Gasteiger partial charge in [-0.1, -0.05) is 25.1 Å². The molecule has 6 heteroatoms. The van der Waals surface area contributed by atoms with Gasteiger partial charge in [-0.3, -0.25) is 9.59 Å². The number of thiazole rings is 1. The van der Waals surface area contributed by atoms with Crippen LogP contribution in [0.25, 0.3) is 0 Å². The fraction of sp³-hybridized carbons (Fsp3) is 0.353. The number of hydrogen-bond acceptors (Lipinski definition) is 3. The van der Waals surface area contributed by atoms with Crippen molar-refractivity contribution >= 4 is 28.8 Å². The van der Waals surface area contributed by atoms with E-state index in [1.165, 1.54) is 11.3 Å². The Labute approximate surface area is 138 Å². The van der Waals surface area contributed by atoms with Crippen molar-refractivity contribution in [3.63, 3.8) is 0 Å². The molecule has 0 bridgehead atoms. The monoisotopic (exact) mass is 329 g/mol. The van der Waals surface area contributed by atoms with E-state index < -0.39 is 0 Å². The molecule has 1 atom stereocenters. The molecule has 0 N–H and O–H groups in total. The zero-order chi connectivity index (χ0) is 16.4. The van der Waals surface area contributed by atoms with Crippen LogP contribution < -0.4 is 9.70 Å². The van der Waals surface area contributed by atoms with Gasteiger partial charge in [0.25, 0.3) is 5.91 Å². The Morgan fingerprint density at radius 1 is 1.39 bits per heavy atom. The second-order valence-corrected chi connectivity index (χ2v) is 6.51. The van der Waals surface area contributed by atoms with Crippen LogP contribution in [0.2, 0.25) is 0 Å². The van der Waals surface area contributed by atoms with Gasteiger partial charge in [-0.25, -0.2) is 0 Å². The number of carbonyl (C=O) groups is 2. The third-order valence-corrected chi connectivity index (χ3v) is 4.95. The smallest absolute Gasteiger partial charge is 0.253 e. The van der Waals surface area contributed by atoms with E-state index in [4.69, 9.17) is 0 Å². The number of aryl methyl sites for hydroxylation is 2. The summed E-state index contributed by atoms with van der Waals surface area (Å²) in [7, 11) is 1.85. The van der Waals surface area contributed by atoms with Crippen LogP contribution in [0.15, 0.2) is 40.8 Å². The Balaban J connectivity index is 1.83. The summed E-state index contributed by atoms with van der Waals surface area (Å²) in [6.45, 7) is 2.47. The molecule has 120 valence electrons. The first-order valence-corrected chi connectivity index (χ1v) is 8.55. The second kappa shape index (κ2) is 6.50. The molecule has 0 saturated carbocycles. The number of amides is 2. The molecule has 0 aliphatic carbocycles. The third-order valence-electron chi connectivity index (χ3n) is 4.10. The molecule has 0 spiro atoms. The molecular weight excluding hydrogens is 310 g/mol. The van der Waals surface area contributed by atoms with Crippen molar-refractivity contribution in [2.75, 3.05) is 11.4 Å². The number of carbonyl (C=O) groups excluding carboxylic acids is 2. The van der Waals surface area contributed by atoms with E-state index in [2.05, 4.69) is 11.9 Å². The highest BCUT2D eigenvalue weighted by atomic mass is 32.1. The van der Waals surface area contributed by atoms with Gasteiger partial charge >= 0.3 is 0 Å². The van der Waals surface area contributed by atoms with Crippen molar-refractivity contribution in [1.82, 2.24) is 4.57 Å². The number of rotatable bonds is 3. The molecule has 1 fully saturated rings. The zero-order valence-corrected chi connectivity index (χ0v) is 14.0. The van der Waals surface area contributed by atoms with Crippen LogP contribution in [0.3, 0.4) is 0 Å². The number of aromatic nitrogens is 1. The molecule has 1 aromatic heterocycles. The first kappa shape index (κ1) is 15.7. The number of para-hydroxylation sites is 1. The summed E-state index contributed by atoms with van der Waals surface area (Å²) < 4.78 is 1.81. The molecule has 1 aliphatic heterocycles. The lowest BCUT2D eigenvalue weighted by atomic mass is 10.1. The molecule has 23 heavy (non-hydrogen) atoms. The maximum absolute atomic E-state index is 12.4. The molecule has 1 aliphatic rings. The number of hydrogen-bond donors (Lipinski definition) is 0. The van der Waals surface area contributed by atoms with Crippen LogP contribution in [0, 0.1) is 5.92 Å². The van der Waals surface area contributed by atoms with Crippen LogP contribution in [-0.2, 0) is 23.1 Å². The number of anilines is 1. The molecular formula is C17H19N3O2S. The van der Waals surface area contributed by atoms with Gasteiger partial charge in [-0.15, -0.1) is 11.3 Å². The Morgan fingerprint density at radius 2 is 2.17 bits per heavy atom. The predicted octanol–water partition coefficient (Wildman–Crippen LogP) is 2.13. The van der Waals surface area contributed by atoms with Crippen LogP contribution in [0.5, 0.6) is 0 Å². The second-order valence-electron chi connectivity index (χ2n) is 5.63. The van der Waals surface area contributed by atoms with E-state index in [1.54, 1.807) is 4.90 Å². The first-order chi connectivity index (χ1) is 11.1. The minimum absolute atomic E-state index is 0.00463. The standard InChI is InChI=1S/C17H19N3O2S/c1-3-12-6-4-5-7-14(12)20-11-13(10-15(20)21)16(22)18-17-19(2)8-9-23-17/h4-9,13H,3,10-11H2,1-2H3/t13-/m0/s1. The normalized spacial score (nSPS) is 18.7. The van der Waals surface area contributed by atoms with E-state index >= 15 is 0 Å². The van der Waals surface area contributed by atoms with E-state index in [0.717, 1.165) is 17.7 Å². The van der Waals surface area contributed by atoms with Gasteiger partial charge in [0, 0.05) is 37.3 Å². The molecule has 2 heterocycles. The molecule has 1 aromatic carbocycles. The van der Waals surface area contributed by atoms with Crippen molar-refractivity contribution in [1.29, 1.82) is 0 Å². The van der Waals surface area contributed by atoms with Crippen molar-refractivity contribution in [3.8, 4) is 0 Å². The topological polar surface area (TPSA) is 54.7 Å². The van der Waals surface area contributed by atoms with Gasteiger partial charge in [0.2, 0.25) is 5.91 Å². The summed E-state index contributed by atoms with van der Waals surface area (Å²) in [5.41, 5.74) is 2.03. The maximum Gasteiger partial charge on any atom is 0.253 e. The van der Waals surface area contributed by atoms with Crippen molar-refractivity contribution in [2.24, 2.45) is 18.0 Å². The Hall–Kier alpha value is -2.21. The minimum atomic E-state index is -0.366. The third kappa shape index (κ3) is 3.12. The van der Waals surface area contributed by atoms with Crippen LogP contribution in [0.4, 0.5) is 5.69 Å². The van der Waals surface area contributed by atoms with Crippen LogP contribution in [-0.4, -0.2) is 22.9 Å². The zero-order valence-electron chi connectivity index (χ0n) is 13.2. The van der Waals surface area contributed by atoms with Gasteiger partial charge in [-0.2, -0.15) is 4.99 Å². The maximum atomic E-state index is 12.4. The summed E-state index contributed by atoms with van der Waals surface area (Å²) in [5, 5.41) is 1.88. The lowest BCUT2D eigenvalue weighted by molar-refractivity contribution is -0.123. The molecule has 1 saturated heterocycles. The van der Waals surface area contributed by atoms with E-state index in [-0.39, 0.29) is 24.2 Å². The highest BCUT2D eigenvalue weighted by molar-refractivity contribution is 7.07. The quantitative estimate of drug-likeness (QED) is 0.866. The fourth-order valence-electron chi connectivity index (χ4n) is 2.80. The summed E-state index contributed by atoms with van der Waals surface area (Å²) in [6.07, 6.45) is 2.95. The minimum Gasteiger partial charge on any atom is -0.327 e. The molecule has 2 amide bonds. The number of nitrogens with zero attached hydrogens (tertiary/aromatic N) is 3. The average Bonchev–Trinajstić information content (AvgIpc) is 3.13. The summed E-state index contributed by atoms with van der Waals surface area (Å²) in [4.78, 5) is 31.3.